The summed E-state index contributed by atoms with van der Waals surface area (Å²) in [5.41, 5.74) is 4.78. The molecule has 108 valence electrons. The molecule has 0 fully saturated rings. The minimum atomic E-state index is -0.678. The molecule has 0 rings (SSSR count). The van der Waals surface area contributed by atoms with Crippen molar-refractivity contribution >= 4 is 5.91 Å². The first-order valence-electron chi connectivity index (χ1n) is 7.01. The quantitative estimate of drug-likeness (QED) is 0.590. The zero-order chi connectivity index (χ0) is 14.2. The minimum Gasteiger partial charge on any atom is -0.381 e. The Hall–Kier alpha value is -0.610. The van der Waals surface area contributed by atoms with Gasteiger partial charge in [0, 0.05) is 19.3 Å². The maximum atomic E-state index is 11.5. The fourth-order valence-corrected chi connectivity index (χ4v) is 1.95. The summed E-state index contributed by atoms with van der Waals surface area (Å²) in [7, 11) is 0. The van der Waals surface area contributed by atoms with Crippen LogP contribution in [0.5, 0.6) is 0 Å². The van der Waals surface area contributed by atoms with Gasteiger partial charge < -0.3 is 15.8 Å². The van der Waals surface area contributed by atoms with Crippen LogP contribution in [0.3, 0.4) is 0 Å². The molecule has 0 aliphatic rings. The molecule has 18 heavy (non-hydrogen) atoms. The molecule has 0 spiro atoms. The Balaban J connectivity index is 4.09. The van der Waals surface area contributed by atoms with E-state index in [1.807, 2.05) is 20.8 Å². The van der Waals surface area contributed by atoms with Gasteiger partial charge >= 0.3 is 0 Å². The lowest BCUT2D eigenvalue weighted by Crippen LogP contribution is -2.56. The maximum Gasteiger partial charge on any atom is 0.237 e. The summed E-state index contributed by atoms with van der Waals surface area (Å²) in [5, 5.41) is 3.22. The number of hydrogen-bond acceptors (Lipinski definition) is 3. The first-order valence-corrected chi connectivity index (χ1v) is 7.01. The molecule has 0 saturated heterocycles. The lowest BCUT2D eigenvalue weighted by Gasteiger charge is -2.30. The van der Waals surface area contributed by atoms with Gasteiger partial charge in [-0.1, -0.05) is 26.7 Å². The van der Waals surface area contributed by atoms with E-state index in [9.17, 15) is 4.79 Å². The number of carbonyl (C=O) groups is 1. The molecule has 0 aliphatic carbocycles. The van der Waals surface area contributed by atoms with Gasteiger partial charge in [-0.2, -0.15) is 0 Å². The molecule has 1 amide bonds. The van der Waals surface area contributed by atoms with E-state index in [2.05, 4.69) is 19.2 Å². The maximum absolute atomic E-state index is 11.5. The van der Waals surface area contributed by atoms with Crippen molar-refractivity contribution in [3.05, 3.63) is 0 Å². The number of hydrogen-bond donors (Lipinski definition) is 2. The van der Waals surface area contributed by atoms with Crippen LogP contribution in [0.25, 0.3) is 0 Å². The average Bonchev–Trinajstić information content (AvgIpc) is 2.28. The SMILES string of the molecule is CCC(CC)COCCC(C)(NC(C)C)C(N)=O. The number of carbonyl (C=O) groups excluding carboxylic acids is 1. The van der Waals surface area contributed by atoms with Crippen LogP contribution in [0.1, 0.15) is 53.9 Å². The highest BCUT2D eigenvalue weighted by molar-refractivity contribution is 5.84. The Morgan fingerprint density at radius 3 is 2.28 bits per heavy atom. The van der Waals surface area contributed by atoms with Crippen molar-refractivity contribution in [1.29, 1.82) is 0 Å². The molecular formula is C14H30N2O2. The minimum absolute atomic E-state index is 0.224. The zero-order valence-electron chi connectivity index (χ0n) is 12.6. The van der Waals surface area contributed by atoms with Crippen LogP contribution in [0.2, 0.25) is 0 Å². The van der Waals surface area contributed by atoms with Crippen LogP contribution in [0, 0.1) is 5.92 Å². The standard InChI is InChI=1S/C14H30N2O2/c1-6-12(7-2)10-18-9-8-14(5,13(15)17)16-11(3)4/h11-12,16H,6-10H2,1-5H3,(H2,15,17). The molecule has 0 saturated carbocycles. The topological polar surface area (TPSA) is 64.3 Å². The van der Waals surface area contributed by atoms with Crippen molar-refractivity contribution < 1.29 is 9.53 Å². The zero-order valence-corrected chi connectivity index (χ0v) is 12.6. The van der Waals surface area contributed by atoms with Gasteiger partial charge in [-0.25, -0.2) is 0 Å². The van der Waals surface area contributed by atoms with Crippen molar-refractivity contribution in [2.24, 2.45) is 11.7 Å². The number of nitrogens with two attached hydrogens (primary N) is 1. The lowest BCUT2D eigenvalue weighted by atomic mass is 9.96. The second-order valence-electron chi connectivity index (χ2n) is 5.50. The summed E-state index contributed by atoms with van der Waals surface area (Å²) in [5.74, 6) is 0.297. The van der Waals surface area contributed by atoms with Crippen LogP contribution in [0.15, 0.2) is 0 Å². The molecular weight excluding hydrogens is 228 g/mol. The Kier molecular flexibility index (Phi) is 8.20. The van der Waals surface area contributed by atoms with E-state index in [0.717, 1.165) is 19.4 Å². The van der Waals surface area contributed by atoms with E-state index in [-0.39, 0.29) is 11.9 Å². The normalized spacial score (nSPS) is 15.1. The predicted octanol–water partition coefficient (Wildman–Crippen LogP) is 2.07. The average molecular weight is 258 g/mol. The number of primary amides is 1. The summed E-state index contributed by atoms with van der Waals surface area (Å²) in [6.07, 6.45) is 2.88. The number of rotatable bonds is 10. The van der Waals surface area contributed by atoms with Gasteiger partial charge in [0.2, 0.25) is 5.91 Å². The van der Waals surface area contributed by atoms with E-state index in [4.69, 9.17) is 10.5 Å². The second kappa shape index (κ2) is 8.48. The van der Waals surface area contributed by atoms with Crippen LogP contribution in [0.4, 0.5) is 0 Å². The van der Waals surface area contributed by atoms with Gasteiger partial charge in [-0.05, 0) is 33.1 Å². The van der Waals surface area contributed by atoms with Crippen molar-refractivity contribution in [3.63, 3.8) is 0 Å². The smallest absolute Gasteiger partial charge is 0.237 e. The molecule has 4 heteroatoms. The molecule has 0 radical (unpaired) electrons. The summed E-state index contributed by atoms with van der Waals surface area (Å²) in [4.78, 5) is 11.5. The Labute approximate surface area is 112 Å². The van der Waals surface area contributed by atoms with E-state index >= 15 is 0 Å². The van der Waals surface area contributed by atoms with Gasteiger partial charge in [-0.15, -0.1) is 0 Å². The molecule has 1 unspecified atom stereocenters. The monoisotopic (exact) mass is 258 g/mol. The van der Waals surface area contributed by atoms with Crippen LogP contribution < -0.4 is 11.1 Å². The molecule has 0 heterocycles. The first-order chi connectivity index (χ1) is 8.35. The number of nitrogens with one attached hydrogen (secondary N) is 1. The molecule has 4 nitrogen and oxygen atoms in total. The molecule has 0 aromatic rings. The number of ether oxygens (including phenoxy) is 1. The highest BCUT2D eigenvalue weighted by Crippen LogP contribution is 2.12. The summed E-state index contributed by atoms with van der Waals surface area (Å²) < 4.78 is 5.66. The van der Waals surface area contributed by atoms with Gasteiger partial charge in [0.05, 0.1) is 5.54 Å². The summed E-state index contributed by atoms with van der Waals surface area (Å²) in [6.45, 7) is 11.5. The van der Waals surface area contributed by atoms with Crippen LogP contribution >= 0.6 is 0 Å². The highest BCUT2D eigenvalue weighted by Gasteiger charge is 2.30. The summed E-state index contributed by atoms with van der Waals surface area (Å²) >= 11 is 0. The van der Waals surface area contributed by atoms with E-state index in [1.54, 1.807) is 0 Å². The summed E-state index contributed by atoms with van der Waals surface area (Å²) in [6, 6.07) is 0.224. The fraction of sp³-hybridized carbons (Fsp3) is 0.929. The van der Waals surface area contributed by atoms with E-state index in [1.165, 1.54) is 0 Å². The van der Waals surface area contributed by atoms with E-state index in [0.29, 0.717) is 18.9 Å². The number of amides is 1. The van der Waals surface area contributed by atoms with E-state index < -0.39 is 5.54 Å². The molecule has 0 bridgehead atoms. The van der Waals surface area contributed by atoms with Gasteiger partial charge in [-0.3, -0.25) is 4.79 Å². The highest BCUT2D eigenvalue weighted by atomic mass is 16.5. The Morgan fingerprint density at radius 2 is 1.89 bits per heavy atom. The second-order valence-corrected chi connectivity index (χ2v) is 5.50. The third-order valence-corrected chi connectivity index (χ3v) is 3.41. The van der Waals surface area contributed by atoms with Crippen molar-refractivity contribution in [1.82, 2.24) is 5.32 Å². The molecule has 3 N–H and O–H groups in total. The van der Waals surface area contributed by atoms with Crippen LogP contribution in [-0.2, 0) is 9.53 Å². The van der Waals surface area contributed by atoms with Crippen LogP contribution in [-0.4, -0.2) is 30.7 Å². The third-order valence-electron chi connectivity index (χ3n) is 3.41. The molecule has 0 aromatic carbocycles. The Morgan fingerprint density at radius 1 is 1.33 bits per heavy atom. The van der Waals surface area contributed by atoms with Gasteiger partial charge in [0.25, 0.3) is 0 Å². The van der Waals surface area contributed by atoms with Gasteiger partial charge in [0.15, 0.2) is 0 Å². The Bertz CT molecular complexity index is 240. The predicted molar refractivity (Wildman–Crippen MR) is 75.4 cm³/mol. The molecule has 0 aliphatic heterocycles. The van der Waals surface area contributed by atoms with Crippen molar-refractivity contribution in [2.45, 2.75) is 65.5 Å². The lowest BCUT2D eigenvalue weighted by molar-refractivity contribution is -0.125. The third kappa shape index (κ3) is 6.36. The first kappa shape index (κ1) is 17.4. The largest absolute Gasteiger partial charge is 0.381 e. The van der Waals surface area contributed by atoms with Crippen molar-refractivity contribution in [2.75, 3.05) is 13.2 Å². The molecule has 1 atom stereocenters. The fourth-order valence-electron chi connectivity index (χ4n) is 1.95. The van der Waals surface area contributed by atoms with Crippen molar-refractivity contribution in [3.8, 4) is 0 Å². The van der Waals surface area contributed by atoms with Gasteiger partial charge in [0.1, 0.15) is 0 Å². The molecule has 0 aromatic heterocycles.